The van der Waals surface area contributed by atoms with E-state index >= 15 is 0 Å². The number of nitrogens with zero attached hydrogens (tertiary/aromatic N) is 1. The van der Waals surface area contributed by atoms with E-state index < -0.39 is 0 Å². The minimum absolute atomic E-state index is 0.241. The van der Waals surface area contributed by atoms with Gasteiger partial charge in [0.05, 0.1) is 6.54 Å². The van der Waals surface area contributed by atoms with E-state index in [1.807, 2.05) is 7.05 Å². The fraction of sp³-hybridized carbons (Fsp3) is 0.938. The standard InChI is InChI=1S/C16H31N3O/c1-17-10-7-14-8-11-19(12-9-14)13-16(20)18-15-5-3-2-4-6-15/h14-15,17H,2-13H2,1H3,(H,18,20). The first-order valence-electron chi connectivity index (χ1n) is 8.44. The van der Waals surface area contributed by atoms with E-state index in [4.69, 9.17) is 0 Å². The molecule has 1 saturated heterocycles. The van der Waals surface area contributed by atoms with Crippen molar-refractivity contribution < 1.29 is 4.79 Å². The Labute approximate surface area is 123 Å². The lowest BCUT2D eigenvalue weighted by molar-refractivity contribution is -0.123. The molecule has 2 fully saturated rings. The lowest BCUT2D eigenvalue weighted by Gasteiger charge is -2.32. The van der Waals surface area contributed by atoms with Gasteiger partial charge in [-0.1, -0.05) is 19.3 Å². The lowest BCUT2D eigenvalue weighted by Crippen LogP contribution is -2.45. The lowest BCUT2D eigenvalue weighted by atomic mass is 9.93. The third kappa shape index (κ3) is 5.41. The average molecular weight is 281 g/mol. The van der Waals surface area contributed by atoms with Gasteiger partial charge in [0.25, 0.3) is 0 Å². The van der Waals surface area contributed by atoms with Crippen molar-refractivity contribution in [1.29, 1.82) is 0 Å². The SMILES string of the molecule is CNCCC1CCN(CC(=O)NC2CCCCC2)CC1. The van der Waals surface area contributed by atoms with E-state index in [2.05, 4.69) is 15.5 Å². The van der Waals surface area contributed by atoms with Crippen molar-refractivity contribution >= 4 is 5.91 Å². The summed E-state index contributed by atoms with van der Waals surface area (Å²) < 4.78 is 0. The van der Waals surface area contributed by atoms with E-state index in [9.17, 15) is 4.79 Å². The third-order valence-electron chi connectivity index (χ3n) is 4.85. The van der Waals surface area contributed by atoms with Crippen molar-refractivity contribution in [2.75, 3.05) is 33.2 Å². The van der Waals surface area contributed by atoms with Crippen LogP contribution in [0.3, 0.4) is 0 Å². The molecule has 1 saturated carbocycles. The molecule has 2 N–H and O–H groups in total. The third-order valence-corrected chi connectivity index (χ3v) is 4.85. The van der Waals surface area contributed by atoms with Crippen molar-refractivity contribution in [1.82, 2.24) is 15.5 Å². The zero-order valence-corrected chi connectivity index (χ0v) is 13.0. The van der Waals surface area contributed by atoms with Gasteiger partial charge in [-0.2, -0.15) is 0 Å². The highest BCUT2D eigenvalue weighted by Crippen LogP contribution is 2.20. The van der Waals surface area contributed by atoms with Gasteiger partial charge in [0, 0.05) is 6.04 Å². The fourth-order valence-corrected chi connectivity index (χ4v) is 3.51. The molecule has 20 heavy (non-hydrogen) atoms. The summed E-state index contributed by atoms with van der Waals surface area (Å²) in [6, 6.07) is 0.449. The molecule has 0 radical (unpaired) electrons. The second-order valence-corrected chi connectivity index (χ2v) is 6.51. The predicted octanol–water partition coefficient (Wildman–Crippen LogP) is 1.76. The summed E-state index contributed by atoms with van der Waals surface area (Å²) in [6.45, 7) is 3.90. The van der Waals surface area contributed by atoms with Crippen LogP contribution >= 0.6 is 0 Å². The minimum Gasteiger partial charge on any atom is -0.352 e. The Morgan fingerprint density at radius 3 is 2.45 bits per heavy atom. The van der Waals surface area contributed by atoms with Gasteiger partial charge in [0.1, 0.15) is 0 Å². The van der Waals surface area contributed by atoms with Crippen molar-refractivity contribution in [2.24, 2.45) is 5.92 Å². The average Bonchev–Trinajstić information content (AvgIpc) is 2.47. The van der Waals surface area contributed by atoms with Crippen LogP contribution in [0.4, 0.5) is 0 Å². The molecule has 1 aliphatic carbocycles. The van der Waals surface area contributed by atoms with Gasteiger partial charge in [-0.3, -0.25) is 9.69 Å². The molecular formula is C16H31N3O. The first kappa shape index (κ1) is 15.8. The highest BCUT2D eigenvalue weighted by molar-refractivity contribution is 5.78. The number of hydrogen-bond acceptors (Lipinski definition) is 3. The van der Waals surface area contributed by atoms with Gasteiger partial charge < -0.3 is 10.6 Å². The molecule has 1 aliphatic heterocycles. The molecule has 2 aliphatic rings. The van der Waals surface area contributed by atoms with E-state index in [0.29, 0.717) is 12.6 Å². The van der Waals surface area contributed by atoms with Gasteiger partial charge in [-0.05, 0) is 64.7 Å². The van der Waals surface area contributed by atoms with Gasteiger partial charge in [0.15, 0.2) is 0 Å². The van der Waals surface area contributed by atoms with Gasteiger partial charge in [-0.25, -0.2) is 0 Å². The molecule has 4 nitrogen and oxygen atoms in total. The molecule has 0 aromatic rings. The monoisotopic (exact) mass is 281 g/mol. The first-order chi connectivity index (χ1) is 9.78. The second-order valence-electron chi connectivity index (χ2n) is 6.51. The molecule has 0 aromatic carbocycles. The predicted molar refractivity (Wildman–Crippen MR) is 82.7 cm³/mol. The molecule has 0 aromatic heterocycles. The molecule has 1 amide bonds. The summed E-state index contributed by atoms with van der Waals surface area (Å²) in [5.74, 6) is 1.09. The number of amides is 1. The van der Waals surface area contributed by atoms with E-state index in [0.717, 1.165) is 25.6 Å². The molecule has 0 spiro atoms. The van der Waals surface area contributed by atoms with E-state index in [-0.39, 0.29) is 5.91 Å². The maximum absolute atomic E-state index is 12.1. The highest BCUT2D eigenvalue weighted by Gasteiger charge is 2.22. The smallest absolute Gasteiger partial charge is 0.234 e. The Hall–Kier alpha value is -0.610. The molecule has 0 bridgehead atoms. The first-order valence-corrected chi connectivity index (χ1v) is 8.44. The fourth-order valence-electron chi connectivity index (χ4n) is 3.51. The maximum Gasteiger partial charge on any atom is 0.234 e. The molecule has 116 valence electrons. The Kier molecular flexibility index (Phi) is 6.80. The van der Waals surface area contributed by atoms with Crippen LogP contribution in [0.5, 0.6) is 0 Å². The van der Waals surface area contributed by atoms with Gasteiger partial charge >= 0.3 is 0 Å². The van der Waals surface area contributed by atoms with Crippen LogP contribution in [0.15, 0.2) is 0 Å². The number of hydrogen-bond donors (Lipinski definition) is 2. The van der Waals surface area contributed by atoms with Crippen LogP contribution in [0.2, 0.25) is 0 Å². The number of carbonyl (C=O) groups excluding carboxylic acids is 1. The highest BCUT2D eigenvalue weighted by atomic mass is 16.2. The van der Waals surface area contributed by atoms with E-state index in [1.54, 1.807) is 0 Å². The van der Waals surface area contributed by atoms with Crippen molar-refractivity contribution in [3.05, 3.63) is 0 Å². The molecular weight excluding hydrogens is 250 g/mol. The number of likely N-dealkylation sites (tertiary alicyclic amines) is 1. The maximum atomic E-state index is 12.1. The second kappa shape index (κ2) is 8.63. The molecule has 1 heterocycles. The van der Waals surface area contributed by atoms with Crippen LogP contribution in [-0.2, 0) is 4.79 Å². The number of rotatable bonds is 6. The number of nitrogens with one attached hydrogen (secondary N) is 2. The largest absolute Gasteiger partial charge is 0.352 e. The zero-order valence-electron chi connectivity index (χ0n) is 13.0. The Bertz CT molecular complexity index is 281. The number of piperidine rings is 1. The van der Waals surface area contributed by atoms with Crippen LogP contribution in [-0.4, -0.2) is 50.1 Å². The summed E-state index contributed by atoms with van der Waals surface area (Å²) >= 11 is 0. The van der Waals surface area contributed by atoms with E-state index in [1.165, 1.54) is 51.4 Å². The quantitative estimate of drug-likeness (QED) is 0.780. The van der Waals surface area contributed by atoms with Crippen molar-refractivity contribution in [2.45, 2.75) is 57.4 Å². The Morgan fingerprint density at radius 1 is 1.10 bits per heavy atom. The van der Waals surface area contributed by atoms with Crippen molar-refractivity contribution in [3.8, 4) is 0 Å². The normalized spacial score (nSPS) is 22.9. The summed E-state index contributed by atoms with van der Waals surface area (Å²) in [6.07, 6.45) is 10.0. The summed E-state index contributed by atoms with van der Waals surface area (Å²) in [5.41, 5.74) is 0. The molecule has 0 atom stereocenters. The summed E-state index contributed by atoms with van der Waals surface area (Å²) in [5, 5.41) is 6.45. The molecule has 4 heteroatoms. The van der Waals surface area contributed by atoms with Crippen LogP contribution in [0.25, 0.3) is 0 Å². The Morgan fingerprint density at radius 2 is 1.80 bits per heavy atom. The van der Waals surface area contributed by atoms with Crippen molar-refractivity contribution in [3.63, 3.8) is 0 Å². The molecule has 0 unspecified atom stereocenters. The van der Waals surface area contributed by atoms with Crippen LogP contribution in [0, 0.1) is 5.92 Å². The summed E-state index contributed by atoms with van der Waals surface area (Å²) in [4.78, 5) is 14.4. The summed E-state index contributed by atoms with van der Waals surface area (Å²) in [7, 11) is 2.02. The van der Waals surface area contributed by atoms with Gasteiger partial charge in [-0.15, -0.1) is 0 Å². The van der Waals surface area contributed by atoms with Crippen LogP contribution in [0.1, 0.15) is 51.4 Å². The molecule has 2 rings (SSSR count). The Balaban J connectivity index is 1.60. The van der Waals surface area contributed by atoms with Gasteiger partial charge in [0.2, 0.25) is 5.91 Å². The zero-order chi connectivity index (χ0) is 14.2. The topological polar surface area (TPSA) is 44.4 Å². The number of carbonyl (C=O) groups is 1. The minimum atomic E-state index is 0.241. The van der Waals surface area contributed by atoms with Crippen LogP contribution < -0.4 is 10.6 Å².